The van der Waals surface area contributed by atoms with Crippen LogP contribution in [0.1, 0.15) is 46.5 Å². The molecule has 1 N–H and O–H groups in total. The van der Waals surface area contributed by atoms with Gasteiger partial charge in [0.05, 0.1) is 12.5 Å². The number of carbonyl (C=O) groups excluding carboxylic acids is 1. The number of rotatable bonds is 6. The molecule has 1 unspecified atom stereocenters. The van der Waals surface area contributed by atoms with Gasteiger partial charge in [0.15, 0.2) is 0 Å². The van der Waals surface area contributed by atoms with Crippen LogP contribution in [0, 0.1) is 0 Å². The number of esters is 1. The molecule has 0 radical (unpaired) electrons. The third-order valence-electron chi connectivity index (χ3n) is 2.59. The van der Waals surface area contributed by atoms with Gasteiger partial charge in [-0.15, -0.1) is 0 Å². The Labute approximate surface area is 104 Å². The first-order chi connectivity index (χ1) is 7.97. The zero-order valence-electron chi connectivity index (χ0n) is 11.3. The molecule has 0 amide bonds. The average molecular weight is 243 g/mol. The van der Waals surface area contributed by atoms with Crippen LogP contribution in [0.2, 0.25) is 0 Å². The topological polar surface area (TPSA) is 47.6 Å². The number of carbonyl (C=O) groups is 1. The summed E-state index contributed by atoms with van der Waals surface area (Å²) < 4.78 is 10.7. The lowest BCUT2D eigenvalue weighted by Gasteiger charge is -2.19. The van der Waals surface area contributed by atoms with Crippen LogP contribution >= 0.6 is 0 Å². The molecule has 0 aromatic carbocycles. The summed E-state index contributed by atoms with van der Waals surface area (Å²) in [4.78, 5) is 11.4. The van der Waals surface area contributed by atoms with E-state index in [1.807, 2.05) is 20.8 Å². The zero-order valence-corrected chi connectivity index (χ0v) is 11.3. The van der Waals surface area contributed by atoms with E-state index in [-0.39, 0.29) is 11.6 Å². The molecule has 1 atom stereocenters. The van der Waals surface area contributed by atoms with E-state index in [1.54, 1.807) is 0 Å². The Hall–Kier alpha value is -0.610. The maximum atomic E-state index is 11.4. The van der Waals surface area contributed by atoms with Gasteiger partial charge in [-0.3, -0.25) is 4.79 Å². The van der Waals surface area contributed by atoms with E-state index in [2.05, 4.69) is 5.32 Å². The Morgan fingerprint density at radius 1 is 1.41 bits per heavy atom. The lowest BCUT2D eigenvalue weighted by Crippen LogP contribution is -2.27. The highest BCUT2D eigenvalue weighted by atomic mass is 16.6. The summed E-state index contributed by atoms with van der Waals surface area (Å²) in [7, 11) is 0. The Bertz CT molecular complexity index is 229. The van der Waals surface area contributed by atoms with Gasteiger partial charge >= 0.3 is 5.97 Å². The highest BCUT2D eigenvalue weighted by Gasteiger charge is 2.16. The summed E-state index contributed by atoms with van der Waals surface area (Å²) in [6.07, 6.45) is 4.25. The Kier molecular flexibility index (Phi) is 5.92. The van der Waals surface area contributed by atoms with Crippen LogP contribution in [0.25, 0.3) is 0 Å². The maximum Gasteiger partial charge on any atom is 0.307 e. The maximum absolute atomic E-state index is 11.4. The lowest BCUT2D eigenvalue weighted by atomic mass is 10.2. The average Bonchev–Trinajstić information content (AvgIpc) is 2.67. The molecule has 0 aliphatic carbocycles. The normalized spacial score (nSPS) is 20.5. The van der Waals surface area contributed by atoms with E-state index in [0.29, 0.717) is 19.1 Å². The molecule has 1 rings (SSSR count). The third kappa shape index (κ3) is 7.34. The molecule has 1 aliphatic heterocycles. The van der Waals surface area contributed by atoms with Crippen LogP contribution in [0.5, 0.6) is 0 Å². The smallest absolute Gasteiger partial charge is 0.307 e. The molecule has 0 saturated carbocycles. The molecular weight excluding hydrogens is 218 g/mol. The second-order valence-corrected chi connectivity index (χ2v) is 5.51. The Balaban J connectivity index is 1.94. The van der Waals surface area contributed by atoms with E-state index in [9.17, 15) is 4.79 Å². The van der Waals surface area contributed by atoms with Crippen LogP contribution in [-0.4, -0.2) is 37.4 Å². The van der Waals surface area contributed by atoms with Crippen molar-refractivity contribution >= 4 is 5.97 Å². The molecule has 17 heavy (non-hydrogen) atoms. The minimum absolute atomic E-state index is 0.137. The molecule has 4 nitrogen and oxygen atoms in total. The SMILES string of the molecule is CC(C)(C)OC(=O)CCNCCC1CCCO1. The second kappa shape index (κ2) is 6.97. The Morgan fingerprint density at radius 3 is 2.76 bits per heavy atom. The van der Waals surface area contributed by atoms with Crippen molar-refractivity contribution < 1.29 is 14.3 Å². The van der Waals surface area contributed by atoms with Gasteiger partial charge in [0.25, 0.3) is 0 Å². The van der Waals surface area contributed by atoms with Gasteiger partial charge in [-0.1, -0.05) is 0 Å². The highest BCUT2D eigenvalue weighted by molar-refractivity contribution is 5.70. The minimum Gasteiger partial charge on any atom is -0.460 e. The van der Waals surface area contributed by atoms with Gasteiger partial charge in [-0.05, 0) is 46.6 Å². The Morgan fingerprint density at radius 2 is 2.18 bits per heavy atom. The van der Waals surface area contributed by atoms with E-state index in [1.165, 1.54) is 12.8 Å². The van der Waals surface area contributed by atoms with Crippen LogP contribution in [0.4, 0.5) is 0 Å². The molecule has 1 saturated heterocycles. The second-order valence-electron chi connectivity index (χ2n) is 5.51. The first-order valence-corrected chi connectivity index (χ1v) is 6.51. The van der Waals surface area contributed by atoms with Crippen molar-refractivity contribution in [2.45, 2.75) is 58.2 Å². The number of ether oxygens (including phenoxy) is 2. The van der Waals surface area contributed by atoms with E-state index >= 15 is 0 Å². The first kappa shape index (κ1) is 14.5. The fourth-order valence-corrected chi connectivity index (χ4v) is 1.84. The van der Waals surface area contributed by atoms with Gasteiger partial charge in [0.1, 0.15) is 5.60 Å². The monoisotopic (exact) mass is 243 g/mol. The lowest BCUT2D eigenvalue weighted by molar-refractivity contribution is -0.154. The molecule has 1 fully saturated rings. The molecule has 4 heteroatoms. The predicted molar refractivity (Wildman–Crippen MR) is 66.9 cm³/mol. The van der Waals surface area contributed by atoms with Crippen LogP contribution in [0.15, 0.2) is 0 Å². The number of hydrogen-bond donors (Lipinski definition) is 1. The summed E-state index contributed by atoms with van der Waals surface area (Å²) >= 11 is 0. The minimum atomic E-state index is -0.380. The first-order valence-electron chi connectivity index (χ1n) is 6.51. The largest absolute Gasteiger partial charge is 0.460 e. The zero-order chi connectivity index (χ0) is 12.7. The van der Waals surface area contributed by atoms with Crippen LogP contribution in [0.3, 0.4) is 0 Å². The summed E-state index contributed by atoms with van der Waals surface area (Å²) in [6, 6.07) is 0. The van der Waals surface area contributed by atoms with Crippen molar-refractivity contribution in [2.75, 3.05) is 19.7 Å². The van der Waals surface area contributed by atoms with Gasteiger partial charge in [-0.2, -0.15) is 0 Å². The van der Waals surface area contributed by atoms with Crippen molar-refractivity contribution in [3.05, 3.63) is 0 Å². The number of nitrogens with one attached hydrogen (secondary N) is 1. The summed E-state index contributed by atoms with van der Waals surface area (Å²) in [5, 5.41) is 3.25. The molecular formula is C13H25NO3. The summed E-state index contributed by atoms with van der Waals surface area (Å²) in [6.45, 7) is 8.15. The van der Waals surface area contributed by atoms with Crippen molar-refractivity contribution in [3.63, 3.8) is 0 Å². The molecule has 1 aliphatic rings. The van der Waals surface area contributed by atoms with Crippen LogP contribution in [-0.2, 0) is 14.3 Å². The standard InChI is InChI=1S/C13H25NO3/c1-13(2,3)17-12(15)7-9-14-8-6-11-5-4-10-16-11/h11,14H,4-10H2,1-3H3. The highest BCUT2D eigenvalue weighted by Crippen LogP contribution is 2.14. The summed E-state index contributed by atoms with van der Waals surface area (Å²) in [5.41, 5.74) is -0.380. The van der Waals surface area contributed by atoms with Crippen molar-refractivity contribution in [1.82, 2.24) is 5.32 Å². The third-order valence-corrected chi connectivity index (χ3v) is 2.59. The molecule has 0 spiro atoms. The molecule has 0 aromatic rings. The molecule has 0 aromatic heterocycles. The van der Waals surface area contributed by atoms with Crippen molar-refractivity contribution in [3.8, 4) is 0 Å². The van der Waals surface area contributed by atoms with E-state index in [4.69, 9.17) is 9.47 Å². The van der Waals surface area contributed by atoms with Crippen molar-refractivity contribution in [2.24, 2.45) is 0 Å². The van der Waals surface area contributed by atoms with Gasteiger partial charge in [0, 0.05) is 13.2 Å². The fourth-order valence-electron chi connectivity index (χ4n) is 1.84. The van der Waals surface area contributed by atoms with E-state index in [0.717, 1.165) is 19.6 Å². The van der Waals surface area contributed by atoms with Crippen molar-refractivity contribution in [1.29, 1.82) is 0 Å². The summed E-state index contributed by atoms with van der Waals surface area (Å²) in [5.74, 6) is -0.137. The quantitative estimate of drug-likeness (QED) is 0.571. The van der Waals surface area contributed by atoms with Gasteiger partial charge in [0.2, 0.25) is 0 Å². The van der Waals surface area contributed by atoms with E-state index < -0.39 is 0 Å². The van der Waals surface area contributed by atoms with Crippen LogP contribution < -0.4 is 5.32 Å². The molecule has 1 heterocycles. The predicted octanol–water partition coefficient (Wildman–Crippen LogP) is 1.88. The number of hydrogen-bond acceptors (Lipinski definition) is 4. The van der Waals surface area contributed by atoms with Gasteiger partial charge < -0.3 is 14.8 Å². The molecule has 100 valence electrons. The molecule has 0 bridgehead atoms. The van der Waals surface area contributed by atoms with Gasteiger partial charge in [-0.25, -0.2) is 0 Å². The fraction of sp³-hybridized carbons (Fsp3) is 0.923.